The number of benzene rings is 1. The Labute approximate surface area is 178 Å². The average Bonchev–Trinajstić information content (AvgIpc) is 3.22. The Hall–Kier alpha value is -2.83. The van der Waals surface area contributed by atoms with Crippen LogP contribution in [0.15, 0.2) is 43.0 Å². The van der Waals surface area contributed by atoms with Crippen LogP contribution in [0.3, 0.4) is 0 Å². The number of carbonyl (C=O) groups excluding carboxylic acids is 2. The number of amides is 1. The lowest BCUT2D eigenvalue weighted by Crippen LogP contribution is -2.26. The third-order valence-electron chi connectivity index (χ3n) is 4.81. The summed E-state index contributed by atoms with van der Waals surface area (Å²) >= 11 is 0. The molecule has 1 N–H and O–H groups in total. The highest BCUT2D eigenvalue weighted by Gasteiger charge is 2.28. The first-order valence-electron chi connectivity index (χ1n) is 10.6. The number of hydrogen-bond donors (Lipinski definition) is 1. The monoisotopic (exact) mass is 415 g/mol. The molecule has 30 heavy (non-hydrogen) atoms. The lowest BCUT2D eigenvalue weighted by molar-refractivity contribution is -0.153. The molecule has 7 nitrogen and oxygen atoms in total. The molecule has 1 aromatic carbocycles. The lowest BCUT2D eigenvalue weighted by atomic mass is 9.87. The van der Waals surface area contributed by atoms with Crippen molar-refractivity contribution in [2.75, 3.05) is 18.5 Å². The van der Waals surface area contributed by atoms with Crippen molar-refractivity contribution in [1.29, 1.82) is 0 Å². The second kappa shape index (κ2) is 12.0. The van der Waals surface area contributed by atoms with Gasteiger partial charge in [0, 0.05) is 31.0 Å². The fourth-order valence-corrected chi connectivity index (χ4v) is 2.99. The van der Waals surface area contributed by atoms with Crippen molar-refractivity contribution >= 4 is 17.6 Å². The smallest absolute Gasteiger partial charge is 0.311 e. The Morgan fingerprint density at radius 3 is 2.57 bits per heavy atom. The molecular formula is C23H33N3O4. The van der Waals surface area contributed by atoms with Crippen LogP contribution in [0.25, 0.3) is 0 Å². The second-order valence-corrected chi connectivity index (χ2v) is 7.89. The van der Waals surface area contributed by atoms with Crippen LogP contribution in [0.1, 0.15) is 52.9 Å². The van der Waals surface area contributed by atoms with Crippen molar-refractivity contribution in [1.82, 2.24) is 9.55 Å². The number of carbonyl (C=O) groups is 2. The summed E-state index contributed by atoms with van der Waals surface area (Å²) in [6.45, 7) is 7.41. The van der Waals surface area contributed by atoms with Gasteiger partial charge >= 0.3 is 5.97 Å². The zero-order valence-corrected chi connectivity index (χ0v) is 18.2. The van der Waals surface area contributed by atoms with Crippen LogP contribution in [-0.4, -0.2) is 34.6 Å². The van der Waals surface area contributed by atoms with Crippen LogP contribution < -0.4 is 10.1 Å². The molecule has 7 heteroatoms. The summed E-state index contributed by atoms with van der Waals surface area (Å²) in [5.41, 5.74) is 0.292. The molecular weight excluding hydrogens is 382 g/mol. The highest BCUT2D eigenvalue weighted by atomic mass is 16.5. The minimum Gasteiger partial charge on any atom is -0.494 e. The number of aryl methyl sites for hydroxylation is 1. The van der Waals surface area contributed by atoms with Crippen molar-refractivity contribution in [2.24, 2.45) is 5.41 Å². The van der Waals surface area contributed by atoms with Crippen LogP contribution in [-0.2, 0) is 20.9 Å². The van der Waals surface area contributed by atoms with Gasteiger partial charge in [0.15, 0.2) is 0 Å². The van der Waals surface area contributed by atoms with E-state index in [1.54, 1.807) is 12.5 Å². The van der Waals surface area contributed by atoms with Crippen LogP contribution in [0.2, 0.25) is 0 Å². The maximum atomic E-state index is 12.0. The normalized spacial score (nSPS) is 11.2. The number of anilines is 1. The number of rotatable bonds is 13. The van der Waals surface area contributed by atoms with Gasteiger partial charge in [-0.3, -0.25) is 9.59 Å². The van der Waals surface area contributed by atoms with E-state index in [2.05, 4.69) is 10.3 Å². The Balaban J connectivity index is 1.62. The molecule has 2 aromatic rings. The molecule has 164 valence electrons. The van der Waals surface area contributed by atoms with E-state index < -0.39 is 5.41 Å². The van der Waals surface area contributed by atoms with E-state index in [9.17, 15) is 9.59 Å². The molecule has 1 heterocycles. The van der Waals surface area contributed by atoms with Crippen LogP contribution in [0.5, 0.6) is 5.75 Å². The number of nitrogens with zero attached hydrogens (tertiary/aromatic N) is 2. The van der Waals surface area contributed by atoms with Gasteiger partial charge in [-0.05, 0) is 70.7 Å². The predicted molar refractivity (Wildman–Crippen MR) is 116 cm³/mol. The minimum absolute atomic E-state index is 0.00648. The molecule has 0 radical (unpaired) electrons. The number of imidazole rings is 1. The van der Waals surface area contributed by atoms with Gasteiger partial charge in [-0.1, -0.05) is 0 Å². The third-order valence-corrected chi connectivity index (χ3v) is 4.81. The largest absolute Gasteiger partial charge is 0.494 e. The molecule has 0 aliphatic heterocycles. The zero-order chi connectivity index (χ0) is 21.8. The zero-order valence-electron chi connectivity index (χ0n) is 18.2. The standard InChI is InChI=1S/C23H33N3O4/c1-4-29-22(28)23(2,3)13-5-6-17-30-20-11-9-19(10-12-20)25-21(27)8-7-15-26-16-14-24-18-26/h9-12,14,16,18H,4-8,13,15,17H2,1-3H3,(H,25,27). The average molecular weight is 416 g/mol. The number of unbranched alkanes of at least 4 members (excludes halogenated alkanes) is 1. The van der Waals surface area contributed by atoms with E-state index >= 15 is 0 Å². The van der Waals surface area contributed by atoms with E-state index in [1.807, 2.05) is 55.8 Å². The molecule has 0 saturated carbocycles. The van der Waals surface area contributed by atoms with E-state index in [0.29, 0.717) is 19.6 Å². The predicted octanol–water partition coefficient (Wildman–Crippen LogP) is 4.44. The van der Waals surface area contributed by atoms with Crippen molar-refractivity contribution in [3.05, 3.63) is 43.0 Å². The van der Waals surface area contributed by atoms with Crippen molar-refractivity contribution in [3.8, 4) is 5.75 Å². The molecule has 0 bridgehead atoms. The van der Waals surface area contributed by atoms with Gasteiger partial charge in [0.25, 0.3) is 0 Å². The Morgan fingerprint density at radius 2 is 1.90 bits per heavy atom. The quantitative estimate of drug-likeness (QED) is 0.386. The molecule has 1 amide bonds. The third kappa shape index (κ3) is 8.27. The molecule has 0 spiro atoms. The van der Waals surface area contributed by atoms with E-state index in [1.165, 1.54) is 0 Å². The number of nitrogens with one attached hydrogen (secondary N) is 1. The van der Waals surface area contributed by atoms with Gasteiger partial charge in [-0.2, -0.15) is 0 Å². The molecule has 0 unspecified atom stereocenters. The van der Waals surface area contributed by atoms with E-state index in [0.717, 1.165) is 43.7 Å². The van der Waals surface area contributed by atoms with Gasteiger partial charge in [0.2, 0.25) is 5.91 Å². The van der Waals surface area contributed by atoms with Gasteiger partial charge in [-0.15, -0.1) is 0 Å². The Kier molecular flexibility index (Phi) is 9.38. The number of hydrogen-bond acceptors (Lipinski definition) is 5. The molecule has 0 saturated heterocycles. The maximum absolute atomic E-state index is 12.0. The summed E-state index contributed by atoms with van der Waals surface area (Å²) in [5.74, 6) is 0.607. The first kappa shape index (κ1) is 23.4. The molecule has 0 atom stereocenters. The fourth-order valence-electron chi connectivity index (χ4n) is 2.99. The maximum Gasteiger partial charge on any atom is 0.311 e. The highest BCUT2D eigenvalue weighted by molar-refractivity contribution is 5.90. The first-order valence-corrected chi connectivity index (χ1v) is 10.6. The van der Waals surface area contributed by atoms with E-state index in [-0.39, 0.29) is 11.9 Å². The van der Waals surface area contributed by atoms with Gasteiger partial charge < -0.3 is 19.4 Å². The summed E-state index contributed by atoms with van der Waals surface area (Å²) in [5, 5.41) is 2.90. The van der Waals surface area contributed by atoms with Crippen molar-refractivity contribution in [3.63, 3.8) is 0 Å². The van der Waals surface area contributed by atoms with Crippen LogP contribution in [0.4, 0.5) is 5.69 Å². The molecule has 2 rings (SSSR count). The van der Waals surface area contributed by atoms with Crippen molar-refractivity contribution in [2.45, 2.75) is 59.4 Å². The highest BCUT2D eigenvalue weighted by Crippen LogP contribution is 2.25. The van der Waals surface area contributed by atoms with Gasteiger partial charge in [-0.25, -0.2) is 4.98 Å². The minimum atomic E-state index is -0.464. The number of ether oxygens (including phenoxy) is 2. The lowest BCUT2D eigenvalue weighted by Gasteiger charge is -2.21. The van der Waals surface area contributed by atoms with E-state index in [4.69, 9.17) is 9.47 Å². The topological polar surface area (TPSA) is 82.5 Å². The summed E-state index contributed by atoms with van der Waals surface area (Å²) in [7, 11) is 0. The Bertz CT molecular complexity index is 770. The van der Waals surface area contributed by atoms with Gasteiger partial charge in [0.05, 0.1) is 25.0 Å². The fraction of sp³-hybridized carbons (Fsp3) is 0.522. The second-order valence-electron chi connectivity index (χ2n) is 7.89. The molecule has 1 aromatic heterocycles. The summed E-state index contributed by atoms with van der Waals surface area (Å²) in [6.07, 6.45) is 9.09. The molecule has 0 aliphatic carbocycles. The van der Waals surface area contributed by atoms with Crippen molar-refractivity contribution < 1.29 is 19.1 Å². The number of esters is 1. The molecule has 0 aliphatic rings. The summed E-state index contributed by atoms with van der Waals surface area (Å²) in [6, 6.07) is 7.38. The van der Waals surface area contributed by atoms with Crippen LogP contribution in [0, 0.1) is 5.41 Å². The summed E-state index contributed by atoms with van der Waals surface area (Å²) < 4.78 is 12.8. The van der Waals surface area contributed by atoms with Crippen LogP contribution >= 0.6 is 0 Å². The van der Waals surface area contributed by atoms with Gasteiger partial charge in [0.1, 0.15) is 5.75 Å². The SMILES string of the molecule is CCOC(=O)C(C)(C)CCCCOc1ccc(NC(=O)CCCn2ccnc2)cc1. The molecule has 0 fully saturated rings. The summed E-state index contributed by atoms with van der Waals surface area (Å²) in [4.78, 5) is 27.9. The first-order chi connectivity index (χ1) is 14.4. The Morgan fingerprint density at radius 1 is 1.13 bits per heavy atom. The number of aromatic nitrogens is 2.